The molecule has 0 saturated carbocycles. The molecule has 1 aliphatic rings. The van der Waals surface area contributed by atoms with E-state index in [2.05, 4.69) is 28.2 Å². The third-order valence-corrected chi connectivity index (χ3v) is 4.71. The van der Waals surface area contributed by atoms with Crippen molar-refractivity contribution in [2.75, 3.05) is 19.7 Å². The normalized spacial score (nSPS) is 22.2. The van der Waals surface area contributed by atoms with E-state index in [0.717, 1.165) is 30.4 Å². The summed E-state index contributed by atoms with van der Waals surface area (Å²) in [5.74, 6) is 0.596. The Kier molecular flexibility index (Phi) is 6.43. The molecule has 3 nitrogen and oxygen atoms in total. The highest BCUT2D eigenvalue weighted by molar-refractivity contribution is 9.10. The molecule has 1 saturated heterocycles. The predicted octanol–water partition coefficient (Wildman–Crippen LogP) is 4.29. The number of hydrogen-bond acceptors (Lipinski definition) is 3. The molecule has 0 spiro atoms. The van der Waals surface area contributed by atoms with E-state index in [-0.39, 0.29) is 12.2 Å². The van der Waals surface area contributed by atoms with Crippen LogP contribution in [0.5, 0.6) is 5.75 Å². The fourth-order valence-electron chi connectivity index (χ4n) is 2.16. The molecule has 112 valence electrons. The molecule has 0 amide bonds. The monoisotopic (exact) mass is 381 g/mol. The molecule has 2 atom stereocenters. The number of likely N-dealkylation sites (N-methyl/N-ethyl adjacent to an activating group) is 1. The Morgan fingerprint density at radius 3 is 2.80 bits per heavy atom. The van der Waals surface area contributed by atoms with Gasteiger partial charge >= 0.3 is 0 Å². The Hall–Kier alpha value is -0.0000000000000000763. The van der Waals surface area contributed by atoms with Gasteiger partial charge in [0.1, 0.15) is 12.4 Å². The molecule has 1 heterocycles. The summed E-state index contributed by atoms with van der Waals surface area (Å²) in [4.78, 5) is 0. The predicted molar refractivity (Wildman–Crippen MR) is 86.1 cm³/mol. The van der Waals surface area contributed by atoms with Gasteiger partial charge in [-0.05, 0) is 41.4 Å². The summed E-state index contributed by atoms with van der Waals surface area (Å²) in [5, 5.41) is 4.43. The van der Waals surface area contributed by atoms with Gasteiger partial charge in [-0.3, -0.25) is 0 Å². The first-order valence-corrected chi connectivity index (χ1v) is 8.28. The van der Waals surface area contributed by atoms with Gasteiger partial charge in [0.15, 0.2) is 0 Å². The van der Waals surface area contributed by atoms with Crippen molar-refractivity contribution in [2.45, 2.75) is 32.0 Å². The first kappa shape index (κ1) is 16.4. The zero-order valence-corrected chi connectivity index (χ0v) is 14.4. The van der Waals surface area contributed by atoms with Crippen LogP contribution in [-0.2, 0) is 4.74 Å². The molecule has 1 N–H and O–H groups in total. The SMILES string of the molecule is CCNCC1CCC(COc2cc(Cl)c(Br)cc2Cl)O1. The van der Waals surface area contributed by atoms with Gasteiger partial charge in [-0.25, -0.2) is 0 Å². The van der Waals surface area contributed by atoms with Crippen LogP contribution in [0.15, 0.2) is 16.6 Å². The van der Waals surface area contributed by atoms with Crippen LogP contribution in [0.4, 0.5) is 0 Å². The van der Waals surface area contributed by atoms with Gasteiger partial charge in [0.25, 0.3) is 0 Å². The maximum Gasteiger partial charge on any atom is 0.139 e. The highest BCUT2D eigenvalue weighted by atomic mass is 79.9. The van der Waals surface area contributed by atoms with Crippen molar-refractivity contribution in [2.24, 2.45) is 0 Å². The second-order valence-corrected chi connectivity index (χ2v) is 6.44. The number of ether oxygens (including phenoxy) is 2. The molecule has 1 aliphatic heterocycles. The van der Waals surface area contributed by atoms with Crippen molar-refractivity contribution >= 4 is 39.1 Å². The van der Waals surface area contributed by atoms with Crippen LogP contribution in [0.2, 0.25) is 10.0 Å². The Balaban J connectivity index is 1.83. The van der Waals surface area contributed by atoms with Crippen LogP contribution in [0.1, 0.15) is 19.8 Å². The Morgan fingerprint density at radius 1 is 1.30 bits per heavy atom. The highest BCUT2D eigenvalue weighted by Crippen LogP contribution is 2.34. The molecule has 1 aromatic carbocycles. The van der Waals surface area contributed by atoms with E-state index >= 15 is 0 Å². The van der Waals surface area contributed by atoms with Gasteiger partial charge in [-0.2, -0.15) is 0 Å². The van der Waals surface area contributed by atoms with Crippen LogP contribution in [0.3, 0.4) is 0 Å². The fourth-order valence-corrected chi connectivity index (χ4v) is 3.00. The van der Waals surface area contributed by atoms with E-state index in [9.17, 15) is 0 Å². The lowest BCUT2D eigenvalue weighted by atomic mass is 10.2. The summed E-state index contributed by atoms with van der Waals surface area (Å²) < 4.78 is 12.4. The number of hydrogen-bond donors (Lipinski definition) is 1. The minimum atomic E-state index is 0.122. The van der Waals surface area contributed by atoms with Crippen LogP contribution in [0.25, 0.3) is 0 Å². The molecule has 2 unspecified atom stereocenters. The smallest absolute Gasteiger partial charge is 0.139 e. The molecule has 0 bridgehead atoms. The second kappa shape index (κ2) is 7.85. The fraction of sp³-hybridized carbons (Fsp3) is 0.571. The molecule has 6 heteroatoms. The van der Waals surface area contributed by atoms with Gasteiger partial charge in [0, 0.05) is 17.1 Å². The van der Waals surface area contributed by atoms with E-state index in [4.69, 9.17) is 32.7 Å². The molecule has 1 aromatic rings. The van der Waals surface area contributed by atoms with Gasteiger partial charge in [0.05, 0.1) is 22.3 Å². The summed E-state index contributed by atoms with van der Waals surface area (Å²) in [6, 6.07) is 3.46. The van der Waals surface area contributed by atoms with Gasteiger partial charge < -0.3 is 14.8 Å². The lowest BCUT2D eigenvalue weighted by Gasteiger charge is -2.15. The maximum atomic E-state index is 6.12. The van der Waals surface area contributed by atoms with E-state index in [1.165, 1.54) is 0 Å². The summed E-state index contributed by atoms with van der Waals surface area (Å²) in [6.07, 6.45) is 2.48. The average molecular weight is 383 g/mol. The molecule has 20 heavy (non-hydrogen) atoms. The lowest BCUT2D eigenvalue weighted by molar-refractivity contribution is 0.0188. The Morgan fingerprint density at radius 2 is 2.05 bits per heavy atom. The topological polar surface area (TPSA) is 30.5 Å². The minimum absolute atomic E-state index is 0.122. The van der Waals surface area contributed by atoms with Crippen LogP contribution < -0.4 is 10.1 Å². The van der Waals surface area contributed by atoms with E-state index in [1.807, 2.05) is 0 Å². The first-order chi connectivity index (χ1) is 9.60. The third kappa shape index (κ3) is 4.50. The maximum absolute atomic E-state index is 6.12. The van der Waals surface area contributed by atoms with Crippen molar-refractivity contribution in [1.82, 2.24) is 5.32 Å². The minimum Gasteiger partial charge on any atom is -0.489 e. The van der Waals surface area contributed by atoms with Crippen molar-refractivity contribution < 1.29 is 9.47 Å². The standard InChI is InChI=1S/C14H18BrCl2NO2/c1-2-18-7-9-3-4-10(20-9)8-19-14-6-12(16)11(15)5-13(14)17/h5-6,9-10,18H,2-4,7-8H2,1H3. The number of nitrogens with one attached hydrogen (secondary N) is 1. The average Bonchev–Trinajstić information content (AvgIpc) is 2.87. The number of halogens is 3. The molecule has 0 aliphatic carbocycles. The second-order valence-electron chi connectivity index (χ2n) is 4.77. The van der Waals surface area contributed by atoms with Crippen molar-refractivity contribution in [1.29, 1.82) is 0 Å². The molecule has 1 fully saturated rings. The third-order valence-electron chi connectivity index (χ3n) is 3.22. The van der Waals surface area contributed by atoms with Gasteiger partial charge in [0.2, 0.25) is 0 Å². The number of benzene rings is 1. The van der Waals surface area contributed by atoms with E-state index in [0.29, 0.717) is 22.4 Å². The van der Waals surface area contributed by atoms with Crippen molar-refractivity contribution in [3.8, 4) is 5.75 Å². The summed E-state index contributed by atoms with van der Waals surface area (Å²) in [7, 11) is 0. The van der Waals surface area contributed by atoms with Crippen molar-refractivity contribution in [3.05, 3.63) is 26.7 Å². The zero-order valence-electron chi connectivity index (χ0n) is 11.3. The molecule has 0 radical (unpaired) electrons. The van der Waals surface area contributed by atoms with Crippen LogP contribution >= 0.6 is 39.1 Å². The Bertz CT molecular complexity index is 459. The van der Waals surface area contributed by atoms with E-state index in [1.54, 1.807) is 12.1 Å². The molecule has 0 aromatic heterocycles. The number of rotatable bonds is 6. The lowest BCUT2D eigenvalue weighted by Crippen LogP contribution is -2.28. The quantitative estimate of drug-likeness (QED) is 0.744. The first-order valence-electron chi connectivity index (χ1n) is 6.73. The Labute approximate surface area is 138 Å². The van der Waals surface area contributed by atoms with E-state index < -0.39 is 0 Å². The summed E-state index contributed by atoms with van der Waals surface area (Å²) in [5.41, 5.74) is 0. The molecular weight excluding hydrogens is 365 g/mol. The highest BCUT2D eigenvalue weighted by Gasteiger charge is 2.25. The zero-order chi connectivity index (χ0) is 14.5. The van der Waals surface area contributed by atoms with Crippen molar-refractivity contribution in [3.63, 3.8) is 0 Å². The molecule has 2 rings (SSSR count). The van der Waals surface area contributed by atoms with Crippen LogP contribution in [0, 0.1) is 0 Å². The van der Waals surface area contributed by atoms with Gasteiger partial charge in [-0.1, -0.05) is 30.1 Å². The largest absolute Gasteiger partial charge is 0.489 e. The van der Waals surface area contributed by atoms with Crippen LogP contribution in [-0.4, -0.2) is 31.9 Å². The summed E-state index contributed by atoms with van der Waals surface area (Å²) >= 11 is 15.5. The molecular formula is C14H18BrCl2NO2. The summed E-state index contributed by atoms with van der Waals surface area (Å²) in [6.45, 7) is 4.46. The van der Waals surface area contributed by atoms with Gasteiger partial charge in [-0.15, -0.1) is 0 Å².